The van der Waals surface area contributed by atoms with Crippen LogP contribution in [0.3, 0.4) is 0 Å². The van der Waals surface area contributed by atoms with Crippen LogP contribution in [0.25, 0.3) is 0 Å². The van der Waals surface area contributed by atoms with E-state index < -0.39 is 6.10 Å². The van der Waals surface area contributed by atoms with Crippen LogP contribution in [0.2, 0.25) is 8.67 Å². The van der Waals surface area contributed by atoms with Gasteiger partial charge in [0.25, 0.3) is 5.91 Å². The molecule has 1 aromatic rings. The third-order valence-corrected chi connectivity index (χ3v) is 3.52. The van der Waals surface area contributed by atoms with Crippen molar-refractivity contribution in [3.8, 4) is 0 Å². The van der Waals surface area contributed by atoms with E-state index in [2.05, 4.69) is 0 Å². The van der Waals surface area contributed by atoms with Gasteiger partial charge in [0.2, 0.25) is 0 Å². The number of halogens is 2. The molecule has 2 rings (SSSR count). The molecule has 1 aromatic heterocycles. The van der Waals surface area contributed by atoms with E-state index in [0.29, 0.717) is 27.3 Å². The number of amides is 1. The fourth-order valence-electron chi connectivity index (χ4n) is 1.28. The average Bonchev–Trinajstić information content (AvgIpc) is 2.39. The molecule has 0 radical (unpaired) electrons. The number of hydrogen-bond donors (Lipinski definition) is 1. The molecule has 0 spiro atoms. The summed E-state index contributed by atoms with van der Waals surface area (Å²) in [5.41, 5.74) is 0.425. The van der Waals surface area contributed by atoms with Crippen LogP contribution in [0.15, 0.2) is 6.07 Å². The third kappa shape index (κ3) is 1.75. The topological polar surface area (TPSA) is 40.5 Å². The highest BCUT2D eigenvalue weighted by molar-refractivity contribution is 7.20. The Morgan fingerprint density at radius 2 is 2.21 bits per heavy atom. The molecule has 14 heavy (non-hydrogen) atoms. The Balaban J connectivity index is 2.15. The quantitative estimate of drug-likeness (QED) is 0.828. The zero-order valence-electron chi connectivity index (χ0n) is 7.04. The van der Waals surface area contributed by atoms with Gasteiger partial charge in [-0.05, 0) is 6.07 Å². The number of β-amino-alcohol motifs (C(OH)–C–C–N with tert-alkyl or cyclic N) is 1. The summed E-state index contributed by atoms with van der Waals surface area (Å²) in [5.74, 6) is -0.163. The number of rotatable bonds is 1. The third-order valence-electron chi connectivity index (χ3n) is 2.04. The normalized spacial score (nSPS) is 16.9. The standard InChI is InChI=1S/C8H7Cl2NO2S/c9-6-1-5(7(10)14-6)8(13)11-2-4(12)3-11/h1,4,12H,2-3H2. The van der Waals surface area contributed by atoms with Gasteiger partial charge in [-0.2, -0.15) is 0 Å². The SMILES string of the molecule is O=C(c1cc(Cl)sc1Cl)N1CC(O)C1. The minimum atomic E-state index is -0.396. The van der Waals surface area contributed by atoms with Crippen molar-refractivity contribution in [3.05, 3.63) is 20.3 Å². The minimum absolute atomic E-state index is 0.163. The predicted octanol–water partition coefficient (Wildman–Crippen LogP) is 1.87. The van der Waals surface area contributed by atoms with Crippen molar-refractivity contribution in [2.75, 3.05) is 13.1 Å². The molecule has 1 fully saturated rings. The second-order valence-electron chi connectivity index (χ2n) is 3.10. The Labute approximate surface area is 94.8 Å². The van der Waals surface area contributed by atoms with Gasteiger partial charge in [-0.3, -0.25) is 4.79 Å². The molecule has 0 aliphatic carbocycles. The number of nitrogens with zero attached hydrogens (tertiary/aromatic N) is 1. The molecule has 0 aromatic carbocycles. The fraction of sp³-hybridized carbons (Fsp3) is 0.375. The van der Waals surface area contributed by atoms with E-state index in [1.54, 1.807) is 6.07 Å². The first-order valence-electron chi connectivity index (χ1n) is 4.00. The van der Waals surface area contributed by atoms with E-state index in [0.717, 1.165) is 0 Å². The van der Waals surface area contributed by atoms with E-state index >= 15 is 0 Å². The van der Waals surface area contributed by atoms with Gasteiger partial charge in [0, 0.05) is 13.1 Å². The highest BCUT2D eigenvalue weighted by Crippen LogP contribution is 2.32. The largest absolute Gasteiger partial charge is 0.389 e. The lowest BCUT2D eigenvalue weighted by Gasteiger charge is -2.35. The van der Waals surface area contributed by atoms with E-state index in [4.69, 9.17) is 28.3 Å². The molecule has 0 unspecified atom stereocenters. The molecule has 1 saturated heterocycles. The van der Waals surface area contributed by atoms with Crippen LogP contribution in [0.5, 0.6) is 0 Å². The van der Waals surface area contributed by atoms with Gasteiger partial charge < -0.3 is 10.0 Å². The molecule has 6 heteroatoms. The zero-order chi connectivity index (χ0) is 10.3. The van der Waals surface area contributed by atoms with E-state index in [1.807, 2.05) is 0 Å². The Bertz CT molecular complexity index is 373. The summed E-state index contributed by atoms with van der Waals surface area (Å²) in [5, 5.41) is 9.04. The maximum Gasteiger partial charge on any atom is 0.256 e. The van der Waals surface area contributed by atoms with Crippen molar-refractivity contribution in [2.45, 2.75) is 6.10 Å². The van der Waals surface area contributed by atoms with Crippen LogP contribution < -0.4 is 0 Å². The fourth-order valence-corrected chi connectivity index (χ4v) is 2.73. The highest BCUT2D eigenvalue weighted by Gasteiger charge is 2.31. The molecule has 1 amide bonds. The molecule has 1 aliphatic heterocycles. The first-order valence-corrected chi connectivity index (χ1v) is 5.57. The maximum atomic E-state index is 11.7. The summed E-state index contributed by atoms with van der Waals surface area (Å²) < 4.78 is 0.904. The van der Waals surface area contributed by atoms with Crippen LogP contribution >= 0.6 is 34.5 Å². The van der Waals surface area contributed by atoms with Gasteiger partial charge in [0.05, 0.1) is 16.0 Å². The van der Waals surface area contributed by atoms with Gasteiger partial charge in [0.15, 0.2) is 0 Å². The van der Waals surface area contributed by atoms with Crippen molar-refractivity contribution in [3.63, 3.8) is 0 Å². The lowest BCUT2D eigenvalue weighted by Crippen LogP contribution is -2.53. The van der Waals surface area contributed by atoms with Crippen molar-refractivity contribution < 1.29 is 9.90 Å². The number of thiophene rings is 1. The van der Waals surface area contributed by atoms with Gasteiger partial charge in [-0.1, -0.05) is 23.2 Å². The van der Waals surface area contributed by atoms with Crippen LogP contribution in [0.1, 0.15) is 10.4 Å². The van der Waals surface area contributed by atoms with Crippen LogP contribution in [-0.2, 0) is 0 Å². The molecule has 0 saturated carbocycles. The molecule has 3 nitrogen and oxygen atoms in total. The number of carbonyl (C=O) groups is 1. The lowest BCUT2D eigenvalue weighted by atomic mass is 10.1. The summed E-state index contributed by atoms with van der Waals surface area (Å²) in [6, 6.07) is 1.56. The second kappa shape index (κ2) is 3.70. The number of likely N-dealkylation sites (tertiary alicyclic amines) is 1. The molecule has 1 aliphatic rings. The molecular formula is C8H7Cl2NO2S. The van der Waals surface area contributed by atoms with Gasteiger partial charge in [0.1, 0.15) is 4.34 Å². The summed E-state index contributed by atoms with van der Waals surface area (Å²) in [7, 11) is 0. The number of aliphatic hydroxyl groups excluding tert-OH is 1. The number of hydrogen-bond acceptors (Lipinski definition) is 3. The summed E-state index contributed by atoms with van der Waals surface area (Å²) in [6.07, 6.45) is -0.396. The van der Waals surface area contributed by atoms with Crippen LogP contribution in [0.4, 0.5) is 0 Å². The first-order chi connectivity index (χ1) is 6.58. The van der Waals surface area contributed by atoms with Gasteiger partial charge >= 0.3 is 0 Å². The molecular weight excluding hydrogens is 245 g/mol. The van der Waals surface area contributed by atoms with E-state index in [1.165, 1.54) is 16.2 Å². The maximum absolute atomic E-state index is 11.7. The van der Waals surface area contributed by atoms with E-state index in [9.17, 15) is 4.79 Å². The first kappa shape index (κ1) is 10.2. The van der Waals surface area contributed by atoms with Crippen molar-refractivity contribution in [2.24, 2.45) is 0 Å². The van der Waals surface area contributed by atoms with Crippen LogP contribution in [0, 0.1) is 0 Å². The molecule has 0 atom stereocenters. The molecule has 76 valence electrons. The monoisotopic (exact) mass is 251 g/mol. The van der Waals surface area contributed by atoms with Crippen LogP contribution in [-0.4, -0.2) is 35.1 Å². The second-order valence-corrected chi connectivity index (χ2v) is 5.39. The Kier molecular flexibility index (Phi) is 2.70. The predicted molar refractivity (Wildman–Crippen MR) is 56.2 cm³/mol. The smallest absolute Gasteiger partial charge is 0.256 e. The molecule has 1 N–H and O–H groups in total. The van der Waals surface area contributed by atoms with Crippen molar-refractivity contribution in [1.82, 2.24) is 4.90 Å². The van der Waals surface area contributed by atoms with Crippen molar-refractivity contribution >= 4 is 40.4 Å². The Hall–Kier alpha value is -0.290. The molecule has 2 heterocycles. The van der Waals surface area contributed by atoms with Gasteiger partial charge in [-0.25, -0.2) is 0 Å². The Morgan fingerprint density at radius 3 is 2.64 bits per heavy atom. The summed E-state index contributed by atoms with van der Waals surface area (Å²) in [4.78, 5) is 13.2. The van der Waals surface area contributed by atoms with Crippen molar-refractivity contribution in [1.29, 1.82) is 0 Å². The minimum Gasteiger partial charge on any atom is -0.389 e. The van der Waals surface area contributed by atoms with E-state index in [-0.39, 0.29) is 5.91 Å². The lowest BCUT2D eigenvalue weighted by molar-refractivity contribution is 0.00594. The molecule has 0 bridgehead atoms. The number of aliphatic hydroxyl groups is 1. The summed E-state index contributed by atoms with van der Waals surface area (Å²) >= 11 is 12.7. The zero-order valence-corrected chi connectivity index (χ0v) is 9.36. The number of carbonyl (C=O) groups excluding carboxylic acids is 1. The highest BCUT2D eigenvalue weighted by atomic mass is 35.5. The van der Waals surface area contributed by atoms with Gasteiger partial charge in [-0.15, -0.1) is 11.3 Å². The summed E-state index contributed by atoms with van der Waals surface area (Å²) in [6.45, 7) is 0.755. The average molecular weight is 252 g/mol. The Morgan fingerprint density at radius 1 is 1.57 bits per heavy atom.